The first-order chi connectivity index (χ1) is 8.17. The number of nitriles is 1. The predicted octanol–water partition coefficient (Wildman–Crippen LogP) is 3.39. The molecule has 0 saturated heterocycles. The molecule has 0 aliphatic heterocycles. The molecule has 1 aromatic heterocycles. The zero-order chi connectivity index (χ0) is 12.4. The fourth-order valence-electron chi connectivity index (χ4n) is 2.91. The van der Waals surface area contributed by atoms with E-state index in [0.717, 1.165) is 24.5 Å². The first kappa shape index (κ1) is 12.2. The second-order valence-electron chi connectivity index (χ2n) is 5.21. The summed E-state index contributed by atoms with van der Waals surface area (Å²) in [5.41, 5.74) is 2.30. The molecule has 1 aliphatic carbocycles. The van der Waals surface area contributed by atoms with Crippen molar-refractivity contribution < 1.29 is 0 Å². The number of rotatable bonds is 2. The van der Waals surface area contributed by atoms with Gasteiger partial charge in [0.1, 0.15) is 0 Å². The van der Waals surface area contributed by atoms with Gasteiger partial charge in [-0.2, -0.15) is 5.26 Å². The van der Waals surface area contributed by atoms with Crippen LogP contribution < -0.4 is 0 Å². The topological polar surface area (TPSA) is 41.6 Å². The van der Waals surface area contributed by atoms with Crippen molar-refractivity contribution in [1.29, 1.82) is 5.26 Å². The average Bonchev–Trinajstić information content (AvgIpc) is 2.69. The van der Waals surface area contributed by atoms with Gasteiger partial charge in [0, 0.05) is 5.69 Å². The van der Waals surface area contributed by atoms with Gasteiger partial charge in [-0.05, 0) is 39.0 Å². The van der Waals surface area contributed by atoms with Crippen LogP contribution in [0, 0.1) is 37.0 Å². The van der Waals surface area contributed by atoms with Crippen molar-refractivity contribution in [2.24, 2.45) is 11.8 Å². The summed E-state index contributed by atoms with van der Waals surface area (Å²) in [6.45, 7) is 6.39. The van der Waals surface area contributed by atoms with E-state index in [1.54, 1.807) is 0 Å². The Bertz CT molecular complexity index is 427. The Kier molecular flexibility index (Phi) is 3.51. The van der Waals surface area contributed by atoms with Crippen LogP contribution in [0.3, 0.4) is 0 Å². The van der Waals surface area contributed by atoms with E-state index < -0.39 is 0 Å². The van der Waals surface area contributed by atoms with Crippen LogP contribution in [0.1, 0.15) is 50.0 Å². The second-order valence-corrected chi connectivity index (χ2v) is 5.21. The summed E-state index contributed by atoms with van der Waals surface area (Å²) in [7, 11) is 0. The SMILES string of the molecule is CCC1CCC(C#N)C(n2cnc(C)c2C)C1. The maximum absolute atomic E-state index is 9.30. The van der Waals surface area contributed by atoms with Gasteiger partial charge >= 0.3 is 0 Å². The molecule has 0 bridgehead atoms. The zero-order valence-electron chi connectivity index (χ0n) is 11.0. The molecule has 0 amide bonds. The minimum atomic E-state index is 0.157. The molecule has 3 unspecified atom stereocenters. The van der Waals surface area contributed by atoms with Gasteiger partial charge in [-0.1, -0.05) is 13.3 Å². The first-order valence-electron chi connectivity index (χ1n) is 6.57. The van der Waals surface area contributed by atoms with E-state index in [1.807, 2.05) is 13.3 Å². The highest BCUT2D eigenvalue weighted by Gasteiger charge is 2.31. The number of hydrogen-bond acceptors (Lipinski definition) is 2. The smallest absolute Gasteiger partial charge is 0.0954 e. The van der Waals surface area contributed by atoms with Gasteiger partial charge in [-0.25, -0.2) is 4.98 Å². The molecule has 1 heterocycles. The number of aromatic nitrogens is 2. The van der Waals surface area contributed by atoms with Gasteiger partial charge in [0.2, 0.25) is 0 Å². The second kappa shape index (κ2) is 4.91. The lowest BCUT2D eigenvalue weighted by molar-refractivity contribution is 0.214. The fourth-order valence-corrected chi connectivity index (χ4v) is 2.91. The van der Waals surface area contributed by atoms with Gasteiger partial charge in [-0.15, -0.1) is 0 Å². The van der Waals surface area contributed by atoms with Crippen LogP contribution >= 0.6 is 0 Å². The molecule has 2 rings (SSSR count). The molecule has 0 spiro atoms. The van der Waals surface area contributed by atoms with Gasteiger partial charge in [0.25, 0.3) is 0 Å². The molecular weight excluding hydrogens is 210 g/mol. The molecule has 17 heavy (non-hydrogen) atoms. The summed E-state index contributed by atoms with van der Waals surface area (Å²) in [5.74, 6) is 0.928. The lowest BCUT2D eigenvalue weighted by atomic mass is 9.77. The first-order valence-corrected chi connectivity index (χ1v) is 6.57. The maximum atomic E-state index is 9.30. The summed E-state index contributed by atoms with van der Waals surface area (Å²) in [6.07, 6.45) is 6.51. The van der Waals surface area contributed by atoms with E-state index in [9.17, 15) is 5.26 Å². The highest BCUT2D eigenvalue weighted by atomic mass is 15.1. The summed E-state index contributed by atoms with van der Waals surface area (Å²) in [6, 6.07) is 2.82. The monoisotopic (exact) mass is 231 g/mol. The number of aryl methyl sites for hydroxylation is 1. The summed E-state index contributed by atoms with van der Waals surface area (Å²) < 4.78 is 2.23. The Morgan fingerprint density at radius 3 is 2.76 bits per heavy atom. The van der Waals surface area contributed by atoms with Crippen molar-refractivity contribution in [1.82, 2.24) is 9.55 Å². The zero-order valence-corrected chi connectivity index (χ0v) is 11.0. The molecule has 1 fully saturated rings. The summed E-state index contributed by atoms with van der Waals surface area (Å²) >= 11 is 0. The van der Waals surface area contributed by atoms with E-state index >= 15 is 0 Å². The van der Waals surface area contributed by atoms with Crippen LogP contribution in [0.25, 0.3) is 0 Å². The van der Waals surface area contributed by atoms with Crippen LogP contribution in [0.15, 0.2) is 6.33 Å². The molecular formula is C14H21N3. The molecule has 3 nitrogen and oxygen atoms in total. The number of hydrogen-bond donors (Lipinski definition) is 0. The molecule has 1 aliphatic rings. The average molecular weight is 231 g/mol. The van der Waals surface area contributed by atoms with E-state index in [1.165, 1.54) is 18.5 Å². The molecule has 3 heteroatoms. The molecule has 1 aromatic rings. The van der Waals surface area contributed by atoms with Crippen LogP contribution in [0.4, 0.5) is 0 Å². The molecule has 0 N–H and O–H groups in total. The molecule has 0 radical (unpaired) electrons. The van der Waals surface area contributed by atoms with Crippen LogP contribution in [0.5, 0.6) is 0 Å². The Hall–Kier alpha value is -1.30. The quantitative estimate of drug-likeness (QED) is 0.783. The van der Waals surface area contributed by atoms with Gasteiger partial charge in [0.15, 0.2) is 0 Å². The number of imidazole rings is 1. The van der Waals surface area contributed by atoms with Crippen LogP contribution in [0.2, 0.25) is 0 Å². The highest BCUT2D eigenvalue weighted by Crippen LogP contribution is 2.39. The Morgan fingerprint density at radius 1 is 1.47 bits per heavy atom. The van der Waals surface area contributed by atoms with Gasteiger partial charge < -0.3 is 4.57 Å². The largest absolute Gasteiger partial charge is 0.330 e. The van der Waals surface area contributed by atoms with Crippen molar-refractivity contribution in [3.05, 3.63) is 17.7 Å². The van der Waals surface area contributed by atoms with Gasteiger partial charge in [0.05, 0.1) is 30.1 Å². The highest BCUT2D eigenvalue weighted by molar-refractivity contribution is 5.12. The van der Waals surface area contributed by atoms with E-state index in [4.69, 9.17) is 0 Å². The third-order valence-electron chi connectivity index (χ3n) is 4.31. The van der Waals surface area contributed by atoms with Crippen molar-refractivity contribution in [3.63, 3.8) is 0 Å². The molecule has 3 atom stereocenters. The van der Waals surface area contributed by atoms with Crippen molar-refractivity contribution in [3.8, 4) is 6.07 Å². The fraction of sp³-hybridized carbons (Fsp3) is 0.714. The van der Waals surface area contributed by atoms with Crippen molar-refractivity contribution >= 4 is 0 Å². The minimum absolute atomic E-state index is 0.157. The Morgan fingerprint density at radius 2 is 2.24 bits per heavy atom. The Labute approximate surface area is 103 Å². The van der Waals surface area contributed by atoms with Gasteiger partial charge in [-0.3, -0.25) is 0 Å². The van der Waals surface area contributed by atoms with Crippen molar-refractivity contribution in [2.45, 2.75) is 52.5 Å². The minimum Gasteiger partial charge on any atom is -0.330 e. The standard InChI is InChI=1S/C14H21N3/c1-4-12-5-6-13(8-15)14(7-12)17-9-16-10(2)11(17)3/h9,12-14H,4-7H2,1-3H3. The van der Waals surface area contributed by atoms with Crippen molar-refractivity contribution in [2.75, 3.05) is 0 Å². The molecule has 1 saturated carbocycles. The third-order valence-corrected chi connectivity index (χ3v) is 4.31. The van der Waals surface area contributed by atoms with Crippen LogP contribution in [-0.2, 0) is 0 Å². The Balaban J connectivity index is 2.27. The third kappa shape index (κ3) is 2.22. The van der Waals surface area contributed by atoms with E-state index in [0.29, 0.717) is 6.04 Å². The lowest BCUT2D eigenvalue weighted by Crippen LogP contribution is -2.27. The predicted molar refractivity (Wildman–Crippen MR) is 67.5 cm³/mol. The van der Waals surface area contributed by atoms with Crippen LogP contribution in [-0.4, -0.2) is 9.55 Å². The summed E-state index contributed by atoms with van der Waals surface area (Å²) in [4.78, 5) is 4.36. The number of nitrogens with zero attached hydrogens (tertiary/aromatic N) is 3. The summed E-state index contributed by atoms with van der Waals surface area (Å²) in [5, 5.41) is 9.30. The molecule has 92 valence electrons. The molecule has 0 aromatic carbocycles. The lowest BCUT2D eigenvalue weighted by Gasteiger charge is -2.33. The van der Waals surface area contributed by atoms with E-state index in [-0.39, 0.29) is 5.92 Å². The maximum Gasteiger partial charge on any atom is 0.0954 e. The van der Waals surface area contributed by atoms with E-state index in [2.05, 4.69) is 29.5 Å². The normalized spacial score (nSPS) is 28.9.